The molecule has 2 heteroatoms. The van der Waals surface area contributed by atoms with Gasteiger partial charge in [-0.1, -0.05) is 12.2 Å². The molecule has 2 aliphatic carbocycles. The fourth-order valence-corrected chi connectivity index (χ4v) is 2.14. The number of hydrazine groups is 1. The van der Waals surface area contributed by atoms with Crippen LogP contribution in [0.1, 0.15) is 6.42 Å². The van der Waals surface area contributed by atoms with Gasteiger partial charge in [0.1, 0.15) is 0 Å². The van der Waals surface area contributed by atoms with Crippen molar-refractivity contribution in [3.8, 4) is 0 Å². The summed E-state index contributed by atoms with van der Waals surface area (Å²) in [7, 11) is 0. The third-order valence-corrected chi connectivity index (χ3v) is 2.84. The van der Waals surface area contributed by atoms with E-state index in [1.54, 1.807) is 0 Å². The second-order valence-corrected chi connectivity index (χ2v) is 3.59. The molecule has 2 atom stereocenters. The van der Waals surface area contributed by atoms with E-state index in [1.807, 2.05) is 6.08 Å². The summed E-state index contributed by atoms with van der Waals surface area (Å²) < 4.78 is 0. The summed E-state index contributed by atoms with van der Waals surface area (Å²) in [4.78, 5) is 0. The molecule has 1 heterocycles. The van der Waals surface area contributed by atoms with E-state index in [0.717, 1.165) is 6.54 Å². The summed E-state index contributed by atoms with van der Waals surface area (Å²) in [5.41, 5.74) is 9.14. The molecule has 3 aliphatic rings. The lowest BCUT2D eigenvalue weighted by Crippen LogP contribution is -2.20. The van der Waals surface area contributed by atoms with Gasteiger partial charge in [0.2, 0.25) is 0 Å². The Labute approximate surface area is 72.0 Å². The van der Waals surface area contributed by atoms with Crippen molar-refractivity contribution >= 4 is 0 Å². The minimum absolute atomic E-state index is 0.570. The molecule has 0 amide bonds. The Kier molecular flexibility index (Phi) is 1.21. The normalized spacial score (nSPS) is 36.7. The molecular weight excluding hydrogens is 148 g/mol. The highest BCUT2D eigenvalue weighted by Crippen LogP contribution is 2.35. The van der Waals surface area contributed by atoms with Crippen molar-refractivity contribution in [2.45, 2.75) is 6.42 Å². The molecule has 3 rings (SSSR count). The van der Waals surface area contributed by atoms with Gasteiger partial charge in [0.15, 0.2) is 0 Å². The molecule has 1 aliphatic heterocycles. The minimum Gasteiger partial charge on any atom is -0.325 e. The predicted octanol–water partition coefficient (Wildman–Crippen LogP) is 0.914. The van der Waals surface area contributed by atoms with E-state index >= 15 is 0 Å². The van der Waals surface area contributed by atoms with Crippen LogP contribution in [0.5, 0.6) is 0 Å². The topological polar surface area (TPSA) is 24.1 Å². The van der Waals surface area contributed by atoms with Gasteiger partial charge in [0.05, 0.1) is 0 Å². The zero-order chi connectivity index (χ0) is 7.97. The maximum absolute atomic E-state index is 3.35. The molecule has 0 aromatic carbocycles. The van der Waals surface area contributed by atoms with Crippen LogP contribution in [0.4, 0.5) is 0 Å². The van der Waals surface area contributed by atoms with Gasteiger partial charge in [-0.25, -0.2) is 5.43 Å². The molecular formula is C10H11N2. The Morgan fingerprint density at radius 2 is 2.50 bits per heavy atom. The first-order valence-electron chi connectivity index (χ1n) is 4.43. The summed E-state index contributed by atoms with van der Waals surface area (Å²) in [6.45, 7) is 1.07. The second-order valence-electron chi connectivity index (χ2n) is 3.59. The van der Waals surface area contributed by atoms with Crippen molar-refractivity contribution in [2.24, 2.45) is 11.8 Å². The maximum atomic E-state index is 3.35. The molecule has 0 saturated carbocycles. The zero-order valence-corrected chi connectivity index (χ0v) is 6.80. The smallest absolute Gasteiger partial charge is 0.0309 e. The molecule has 61 valence electrons. The number of allylic oxidation sites excluding steroid dienone is 5. The Morgan fingerprint density at radius 1 is 1.50 bits per heavy atom. The lowest BCUT2D eigenvalue weighted by molar-refractivity contribution is 0.514. The van der Waals surface area contributed by atoms with E-state index in [-0.39, 0.29) is 0 Å². The molecule has 2 N–H and O–H groups in total. The fourth-order valence-electron chi connectivity index (χ4n) is 2.14. The van der Waals surface area contributed by atoms with Gasteiger partial charge < -0.3 is 5.43 Å². The highest BCUT2D eigenvalue weighted by Gasteiger charge is 2.30. The van der Waals surface area contributed by atoms with Gasteiger partial charge in [0.25, 0.3) is 0 Å². The number of hydrogen-bond acceptors (Lipinski definition) is 2. The monoisotopic (exact) mass is 159 g/mol. The lowest BCUT2D eigenvalue weighted by atomic mass is 9.83. The van der Waals surface area contributed by atoms with Crippen molar-refractivity contribution in [2.75, 3.05) is 6.54 Å². The molecule has 1 radical (unpaired) electrons. The molecule has 0 spiro atoms. The summed E-state index contributed by atoms with van der Waals surface area (Å²) in [6.07, 6.45) is 11.0. The molecule has 1 fully saturated rings. The van der Waals surface area contributed by atoms with E-state index in [9.17, 15) is 0 Å². The predicted molar refractivity (Wildman–Crippen MR) is 46.7 cm³/mol. The minimum atomic E-state index is 0.570. The van der Waals surface area contributed by atoms with Gasteiger partial charge in [0, 0.05) is 24.1 Å². The number of fused-ring (bicyclic) bond motifs is 2. The van der Waals surface area contributed by atoms with Crippen molar-refractivity contribution in [3.63, 3.8) is 0 Å². The van der Waals surface area contributed by atoms with Crippen molar-refractivity contribution in [3.05, 3.63) is 35.6 Å². The average molecular weight is 159 g/mol. The molecule has 12 heavy (non-hydrogen) atoms. The SMILES string of the molecule is [C]1=CC=C2C=C3NNCC3CC12. The largest absolute Gasteiger partial charge is 0.325 e. The van der Waals surface area contributed by atoms with E-state index in [2.05, 4.69) is 29.1 Å². The zero-order valence-electron chi connectivity index (χ0n) is 6.80. The highest BCUT2D eigenvalue weighted by atomic mass is 15.4. The Hall–Kier alpha value is -1.02. The number of rotatable bonds is 0. The summed E-state index contributed by atoms with van der Waals surface area (Å²) in [5.74, 6) is 1.26. The highest BCUT2D eigenvalue weighted by molar-refractivity contribution is 5.39. The van der Waals surface area contributed by atoms with E-state index in [1.165, 1.54) is 17.7 Å². The number of nitrogens with one attached hydrogen (secondary N) is 2. The Bertz CT molecular complexity index is 299. The van der Waals surface area contributed by atoms with E-state index in [0.29, 0.717) is 11.8 Å². The molecule has 1 saturated heterocycles. The molecule has 2 nitrogen and oxygen atoms in total. The van der Waals surface area contributed by atoms with Crippen molar-refractivity contribution < 1.29 is 0 Å². The van der Waals surface area contributed by atoms with Gasteiger partial charge in [-0.2, -0.15) is 0 Å². The van der Waals surface area contributed by atoms with Crippen LogP contribution in [0.3, 0.4) is 0 Å². The first-order valence-corrected chi connectivity index (χ1v) is 4.43. The van der Waals surface area contributed by atoms with Crippen LogP contribution >= 0.6 is 0 Å². The quantitative estimate of drug-likeness (QED) is 0.549. The Balaban J connectivity index is 1.99. The van der Waals surface area contributed by atoms with E-state index in [4.69, 9.17) is 0 Å². The molecule has 0 aromatic heterocycles. The maximum Gasteiger partial charge on any atom is 0.0309 e. The van der Waals surface area contributed by atoms with E-state index < -0.39 is 0 Å². The van der Waals surface area contributed by atoms with Crippen molar-refractivity contribution in [1.82, 2.24) is 10.9 Å². The van der Waals surface area contributed by atoms with Crippen LogP contribution in [0.2, 0.25) is 0 Å². The first kappa shape index (κ1) is 6.49. The van der Waals surface area contributed by atoms with Gasteiger partial charge in [-0.05, 0) is 24.1 Å². The van der Waals surface area contributed by atoms with Crippen LogP contribution in [0, 0.1) is 17.9 Å². The fraction of sp³-hybridized carbons (Fsp3) is 0.400. The molecule has 2 unspecified atom stereocenters. The molecule has 0 aromatic rings. The van der Waals surface area contributed by atoms with Crippen LogP contribution < -0.4 is 10.9 Å². The third-order valence-electron chi connectivity index (χ3n) is 2.84. The Morgan fingerprint density at radius 3 is 3.50 bits per heavy atom. The van der Waals surface area contributed by atoms with Crippen molar-refractivity contribution in [1.29, 1.82) is 0 Å². The summed E-state index contributed by atoms with van der Waals surface area (Å²) in [6, 6.07) is 0. The summed E-state index contributed by atoms with van der Waals surface area (Å²) >= 11 is 0. The van der Waals surface area contributed by atoms with Crippen LogP contribution in [0.25, 0.3) is 0 Å². The van der Waals surface area contributed by atoms with Crippen LogP contribution in [-0.2, 0) is 0 Å². The van der Waals surface area contributed by atoms with Gasteiger partial charge in [-0.15, -0.1) is 0 Å². The van der Waals surface area contributed by atoms with Gasteiger partial charge in [-0.3, -0.25) is 0 Å². The van der Waals surface area contributed by atoms with Gasteiger partial charge >= 0.3 is 0 Å². The second kappa shape index (κ2) is 2.23. The standard InChI is InChI=1S/C10H11N2/c1-2-7-4-9-6-11-12-10(9)5-8(7)3-1/h1,3,5,7,9,11-12H,4,6H2. The van der Waals surface area contributed by atoms with Crippen LogP contribution in [-0.4, -0.2) is 6.54 Å². The van der Waals surface area contributed by atoms with Crippen LogP contribution in [0.15, 0.2) is 29.5 Å². The molecule has 0 bridgehead atoms. The summed E-state index contributed by atoms with van der Waals surface area (Å²) in [5, 5.41) is 0. The third kappa shape index (κ3) is 0.786. The average Bonchev–Trinajstić information content (AvgIpc) is 2.64. The first-order chi connectivity index (χ1) is 5.93. The lowest BCUT2D eigenvalue weighted by Gasteiger charge is -2.22. The number of hydrogen-bond donors (Lipinski definition) is 2.